The van der Waals surface area contributed by atoms with Crippen molar-refractivity contribution in [1.29, 1.82) is 0 Å². The Morgan fingerprint density at radius 3 is 2.76 bits per heavy atom. The Hall–Kier alpha value is -1.60. The highest BCUT2D eigenvalue weighted by Crippen LogP contribution is 2.37. The van der Waals surface area contributed by atoms with Crippen molar-refractivity contribution in [2.45, 2.75) is 30.7 Å². The molecule has 1 fully saturated rings. The van der Waals surface area contributed by atoms with Crippen LogP contribution in [0.5, 0.6) is 5.75 Å². The first kappa shape index (κ1) is 14.3. The molecule has 114 valence electrons. The summed E-state index contributed by atoms with van der Waals surface area (Å²) in [7, 11) is -1.96. The molecule has 0 aromatic heterocycles. The van der Waals surface area contributed by atoms with Crippen molar-refractivity contribution < 1.29 is 17.9 Å². The fraction of sp³-hybridized carbons (Fsp3) is 0.500. The van der Waals surface area contributed by atoms with E-state index >= 15 is 0 Å². The van der Waals surface area contributed by atoms with Gasteiger partial charge in [-0.25, -0.2) is 8.42 Å². The lowest BCUT2D eigenvalue weighted by Gasteiger charge is -2.25. The van der Waals surface area contributed by atoms with Crippen molar-refractivity contribution in [3.63, 3.8) is 0 Å². The van der Waals surface area contributed by atoms with Crippen LogP contribution in [0.3, 0.4) is 0 Å². The molecule has 0 bridgehead atoms. The minimum atomic E-state index is -3.57. The molecule has 7 heteroatoms. The lowest BCUT2D eigenvalue weighted by molar-refractivity contribution is -0.118. The van der Waals surface area contributed by atoms with Gasteiger partial charge in [0.2, 0.25) is 10.0 Å². The van der Waals surface area contributed by atoms with E-state index in [0.717, 1.165) is 12.8 Å². The standard InChI is InChI=1S/C14H18N2O4S/c1-9(10-3-4-10)16(2)21(18,19)11-5-6-13-12(7-11)15-14(17)8-20-13/h5-7,9-10H,3-4,8H2,1-2H3,(H,15,17). The number of carbonyl (C=O) groups is 1. The van der Waals surface area contributed by atoms with Gasteiger partial charge in [0.05, 0.1) is 10.6 Å². The molecule has 1 heterocycles. The number of hydrogen-bond donors (Lipinski definition) is 1. The largest absolute Gasteiger partial charge is 0.482 e. The number of amides is 1. The first-order chi connectivity index (χ1) is 9.89. The van der Waals surface area contributed by atoms with Gasteiger partial charge < -0.3 is 10.1 Å². The zero-order chi connectivity index (χ0) is 15.2. The van der Waals surface area contributed by atoms with Gasteiger partial charge in [0, 0.05) is 13.1 Å². The normalized spacial score (nSPS) is 19.7. The van der Waals surface area contributed by atoms with Crippen LogP contribution < -0.4 is 10.1 Å². The lowest BCUT2D eigenvalue weighted by Crippen LogP contribution is -2.36. The van der Waals surface area contributed by atoms with E-state index in [1.165, 1.54) is 16.4 Å². The van der Waals surface area contributed by atoms with Crippen LogP contribution in [-0.2, 0) is 14.8 Å². The molecule has 3 rings (SSSR count). The SMILES string of the molecule is CC(C1CC1)N(C)S(=O)(=O)c1ccc2c(c1)NC(=O)CO2. The second-order valence-corrected chi connectivity index (χ2v) is 7.59. The van der Waals surface area contributed by atoms with Gasteiger partial charge in [-0.05, 0) is 43.9 Å². The number of ether oxygens (including phenoxy) is 1. The first-order valence-electron chi connectivity index (χ1n) is 6.94. The van der Waals surface area contributed by atoms with Crippen LogP contribution >= 0.6 is 0 Å². The molecule has 1 aliphatic carbocycles. The number of sulfonamides is 1. The fourth-order valence-corrected chi connectivity index (χ4v) is 3.93. The number of fused-ring (bicyclic) bond motifs is 1. The van der Waals surface area contributed by atoms with E-state index in [0.29, 0.717) is 17.4 Å². The van der Waals surface area contributed by atoms with Crippen LogP contribution in [0.2, 0.25) is 0 Å². The zero-order valence-electron chi connectivity index (χ0n) is 12.0. The molecule has 0 spiro atoms. The van der Waals surface area contributed by atoms with Crippen molar-refractivity contribution in [3.05, 3.63) is 18.2 Å². The molecular formula is C14H18N2O4S. The van der Waals surface area contributed by atoms with Crippen molar-refractivity contribution in [3.8, 4) is 5.75 Å². The molecule has 1 amide bonds. The monoisotopic (exact) mass is 310 g/mol. The Labute approximate surface area is 124 Å². The molecule has 1 aliphatic heterocycles. The predicted octanol–water partition coefficient (Wildman–Crippen LogP) is 1.44. The molecule has 1 aromatic carbocycles. The number of benzene rings is 1. The molecule has 21 heavy (non-hydrogen) atoms. The molecule has 1 N–H and O–H groups in total. The van der Waals surface area contributed by atoms with Gasteiger partial charge in [-0.15, -0.1) is 0 Å². The average molecular weight is 310 g/mol. The summed E-state index contributed by atoms with van der Waals surface area (Å²) in [5.74, 6) is 0.661. The zero-order valence-corrected chi connectivity index (χ0v) is 12.8. The number of nitrogens with zero attached hydrogens (tertiary/aromatic N) is 1. The highest BCUT2D eigenvalue weighted by atomic mass is 32.2. The third-order valence-electron chi connectivity index (χ3n) is 4.14. The highest BCUT2D eigenvalue weighted by Gasteiger charge is 2.36. The number of carbonyl (C=O) groups excluding carboxylic acids is 1. The summed E-state index contributed by atoms with van der Waals surface area (Å²) >= 11 is 0. The van der Waals surface area contributed by atoms with E-state index in [1.54, 1.807) is 13.1 Å². The fourth-order valence-electron chi connectivity index (χ4n) is 2.48. The quantitative estimate of drug-likeness (QED) is 0.913. The highest BCUT2D eigenvalue weighted by molar-refractivity contribution is 7.89. The molecule has 1 unspecified atom stereocenters. The topological polar surface area (TPSA) is 75.7 Å². The number of anilines is 1. The van der Waals surface area contributed by atoms with Gasteiger partial charge in [-0.1, -0.05) is 0 Å². The number of nitrogens with one attached hydrogen (secondary N) is 1. The summed E-state index contributed by atoms with van der Waals surface area (Å²) in [6, 6.07) is 4.54. The molecule has 0 saturated heterocycles. The molecule has 2 aliphatic rings. The molecule has 6 nitrogen and oxygen atoms in total. The van der Waals surface area contributed by atoms with Crippen LogP contribution in [-0.4, -0.2) is 38.3 Å². The second-order valence-electron chi connectivity index (χ2n) is 5.59. The minimum absolute atomic E-state index is 0.0168. The Morgan fingerprint density at radius 1 is 1.38 bits per heavy atom. The van der Waals surface area contributed by atoms with E-state index in [1.807, 2.05) is 6.92 Å². The van der Waals surface area contributed by atoms with Crippen LogP contribution in [0.1, 0.15) is 19.8 Å². The molecule has 1 saturated carbocycles. The summed E-state index contributed by atoms with van der Waals surface area (Å²) in [5.41, 5.74) is 0.403. The van der Waals surface area contributed by atoms with Gasteiger partial charge in [0.1, 0.15) is 5.75 Å². The Balaban J connectivity index is 1.91. The second kappa shape index (κ2) is 4.99. The van der Waals surface area contributed by atoms with Crippen molar-refractivity contribution in [2.75, 3.05) is 19.0 Å². The smallest absolute Gasteiger partial charge is 0.262 e. The van der Waals surface area contributed by atoms with Gasteiger partial charge in [0.25, 0.3) is 5.91 Å². The van der Waals surface area contributed by atoms with Crippen LogP contribution in [0.25, 0.3) is 0 Å². The Morgan fingerprint density at radius 2 is 2.10 bits per heavy atom. The molecule has 1 atom stereocenters. The Kier molecular flexibility index (Phi) is 3.41. The maximum atomic E-state index is 12.6. The average Bonchev–Trinajstić information content (AvgIpc) is 3.29. The molecule has 1 aromatic rings. The maximum absolute atomic E-state index is 12.6. The maximum Gasteiger partial charge on any atom is 0.262 e. The van der Waals surface area contributed by atoms with Crippen LogP contribution in [0.4, 0.5) is 5.69 Å². The first-order valence-corrected chi connectivity index (χ1v) is 8.38. The third-order valence-corrected chi connectivity index (χ3v) is 6.08. The van der Waals surface area contributed by atoms with Crippen LogP contribution in [0.15, 0.2) is 23.1 Å². The van der Waals surface area contributed by atoms with Crippen molar-refractivity contribution >= 4 is 21.6 Å². The molecule has 0 radical (unpaired) electrons. The van der Waals surface area contributed by atoms with E-state index in [2.05, 4.69) is 5.32 Å². The summed E-state index contributed by atoms with van der Waals surface area (Å²) in [5, 5.41) is 2.63. The van der Waals surface area contributed by atoms with E-state index in [4.69, 9.17) is 4.74 Å². The van der Waals surface area contributed by atoms with E-state index in [-0.39, 0.29) is 23.5 Å². The van der Waals surface area contributed by atoms with Crippen molar-refractivity contribution in [1.82, 2.24) is 4.31 Å². The van der Waals surface area contributed by atoms with Gasteiger partial charge in [-0.3, -0.25) is 4.79 Å². The van der Waals surface area contributed by atoms with Crippen LogP contribution in [0, 0.1) is 5.92 Å². The van der Waals surface area contributed by atoms with E-state index < -0.39 is 10.0 Å². The molecular weight excluding hydrogens is 292 g/mol. The van der Waals surface area contributed by atoms with E-state index in [9.17, 15) is 13.2 Å². The minimum Gasteiger partial charge on any atom is -0.482 e. The number of hydrogen-bond acceptors (Lipinski definition) is 4. The predicted molar refractivity (Wildman–Crippen MR) is 77.7 cm³/mol. The third kappa shape index (κ3) is 2.63. The Bertz CT molecular complexity index is 682. The van der Waals surface area contributed by atoms with Gasteiger partial charge >= 0.3 is 0 Å². The summed E-state index contributed by atoms with van der Waals surface area (Å²) in [4.78, 5) is 11.5. The van der Waals surface area contributed by atoms with Gasteiger partial charge in [-0.2, -0.15) is 4.31 Å². The van der Waals surface area contributed by atoms with Gasteiger partial charge in [0.15, 0.2) is 6.61 Å². The number of rotatable bonds is 4. The lowest BCUT2D eigenvalue weighted by atomic mass is 10.2. The summed E-state index contributed by atoms with van der Waals surface area (Å²) < 4.78 is 31.9. The summed E-state index contributed by atoms with van der Waals surface area (Å²) in [6.45, 7) is 1.89. The summed E-state index contributed by atoms with van der Waals surface area (Å²) in [6.07, 6.45) is 2.16. The van der Waals surface area contributed by atoms with Crippen molar-refractivity contribution in [2.24, 2.45) is 5.92 Å².